The summed E-state index contributed by atoms with van der Waals surface area (Å²) in [6, 6.07) is 8.63. The van der Waals surface area contributed by atoms with Gasteiger partial charge in [0.1, 0.15) is 6.10 Å². The molecule has 0 aromatic heterocycles. The Balaban J connectivity index is 1.76. The number of aliphatic hydroxyl groups excluding tert-OH is 1. The number of carbonyl (C=O) groups excluding carboxylic acids is 2. The lowest BCUT2D eigenvalue weighted by Crippen LogP contribution is -2.58. The van der Waals surface area contributed by atoms with E-state index in [1.54, 1.807) is 0 Å². The lowest BCUT2D eigenvalue weighted by atomic mass is 9.79. The Hall–Kier alpha value is -4.55. The van der Waals surface area contributed by atoms with Crippen LogP contribution < -0.4 is 9.47 Å². The molecule has 0 aliphatic heterocycles. The van der Waals surface area contributed by atoms with E-state index in [0.29, 0.717) is 11.1 Å². The molecule has 12 nitrogen and oxygen atoms in total. The quantitative estimate of drug-likeness (QED) is 0.227. The van der Waals surface area contributed by atoms with E-state index >= 15 is 0 Å². The Morgan fingerprint density at radius 2 is 1.33 bits per heavy atom. The molecule has 2 aromatic rings. The molecular formula is C27H28O12. The number of methoxy groups -OCH3 is 2. The van der Waals surface area contributed by atoms with Gasteiger partial charge >= 0.3 is 17.9 Å². The van der Waals surface area contributed by atoms with Crippen molar-refractivity contribution < 1.29 is 58.9 Å². The summed E-state index contributed by atoms with van der Waals surface area (Å²) in [6.45, 7) is 0. The van der Waals surface area contributed by atoms with E-state index in [-0.39, 0.29) is 23.0 Å². The molecule has 0 radical (unpaired) electrons. The highest BCUT2D eigenvalue weighted by Crippen LogP contribution is 2.34. The number of aliphatic hydroxyl groups is 2. The highest BCUT2D eigenvalue weighted by molar-refractivity contribution is 5.88. The van der Waals surface area contributed by atoms with E-state index < -0.39 is 54.7 Å². The standard InChI is InChI=1S/C27H28O12/c1-36-20-11-15(3-7-17(20)28)5-9-23(31)38-22-14-27(35,26(33)34)13-19(30)25(22)39-24(32)10-6-16-4-8-18(29)21(12-16)37-2/h3-12,19,22,25,28-30,35H,13-14H2,1-2H3,(H,33,34)/b9-5+,10-6+/t19-,22-,25+,27-/m1/s1. The molecule has 0 amide bonds. The minimum Gasteiger partial charge on any atom is -0.504 e. The number of aliphatic carboxylic acids is 1. The summed E-state index contributed by atoms with van der Waals surface area (Å²) in [5, 5.41) is 49.8. The van der Waals surface area contributed by atoms with E-state index in [1.165, 1.54) is 62.8 Å². The van der Waals surface area contributed by atoms with Gasteiger partial charge < -0.3 is 44.5 Å². The van der Waals surface area contributed by atoms with Gasteiger partial charge in [0.2, 0.25) is 0 Å². The molecule has 0 bridgehead atoms. The van der Waals surface area contributed by atoms with Gasteiger partial charge in [0.15, 0.2) is 34.7 Å². The van der Waals surface area contributed by atoms with Gasteiger partial charge in [0.05, 0.1) is 20.3 Å². The molecule has 1 saturated carbocycles. The Kier molecular flexibility index (Phi) is 9.17. The molecular weight excluding hydrogens is 516 g/mol. The zero-order valence-corrected chi connectivity index (χ0v) is 21.0. The van der Waals surface area contributed by atoms with E-state index in [9.17, 15) is 39.9 Å². The van der Waals surface area contributed by atoms with Gasteiger partial charge in [0.25, 0.3) is 0 Å². The number of aromatic hydroxyl groups is 2. The third-order valence-electron chi connectivity index (χ3n) is 5.98. The molecule has 1 aliphatic rings. The van der Waals surface area contributed by atoms with E-state index in [4.69, 9.17) is 18.9 Å². The molecule has 208 valence electrons. The Morgan fingerprint density at radius 3 is 1.79 bits per heavy atom. The third kappa shape index (κ3) is 7.27. The van der Waals surface area contributed by atoms with Crippen molar-refractivity contribution in [3.05, 3.63) is 59.7 Å². The summed E-state index contributed by atoms with van der Waals surface area (Å²) in [6.07, 6.45) is -1.27. The second kappa shape index (κ2) is 12.3. The van der Waals surface area contributed by atoms with Gasteiger partial charge in [-0.05, 0) is 47.5 Å². The van der Waals surface area contributed by atoms with Crippen molar-refractivity contribution in [3.8, 4) is 23.0 Å². The average molecular weight is 545 g/mol. The summed E-state index contributed by atoms with van der Waals surface area (Å²) in [5.74, 6) is -3.42. The van der Waals surface area contributed by atoms with Crippen molar-refractivity contribution in [1.29, 1.82) is 0 Å². The summed E-state index contributed by atoms with van der Waals surface area (Å²) in [5.41, 5.74) is -1.49. The lowest BCUT2D eigenvalue weighted by molar-refractivity contribution is -0.204. The number of phenols is 2. The monoisotopic (exact) mass is 544 g/mol. The van der Waals surface area contributed by atoms with Crippen LogP contribution in [0.4, 0.5) is 0 Å². The van der Waals surface area contributed by atoms with Crippen LogP contribution in [0.3, 0.4) is 0 Å². The first-order valence-electron chi connectivity index (χ1n) is 11.6. The second-order valence-electron chi connectivity index (χ2n) is 8.72. The van der Waals surface area contributed by atoms with E-state index in [2.05, 4.69) is 0 Å². The molecule has 12 heteroatoms. The fourth-order valence-corrected chi connectivity index (χ4v) is 3.97. The third-order valence-corrected chi connectivity index (χ3v) is 5.98. The van der Waals surface area contributed by atoms with Crippen molar-refractivity contribution in [2.45, 2.75) is 36.8 Å². The number of hydrogen-bond donors (Lipinski definition) is 5. The SMILES string of the molecule is COc1cc(/C=C/C(=O)O[C@H]2[C@H](O)C[C@](O)(C(=O)O)C[C@H]2OC(=O)/C=C/c2ccc(O)c(OC)c2)ccc1O. The van der Waals surface area contributed by atoms with Crippen LogP contribution in [0.5, 0.6) is 23.0 Å². The van der Waals surface area contributed by atoms with Gasteiger partial charge in [0, 0.05) is 25.0 Å². The Morgan fingerprint density at radius 1 is 0.846 bits per heavy atom. The molecule has 39 heavy (non-hydrogen) atoms. The van der Waals surface area contributed by atoms with Crippen LogP contribution in [-0.4, -0.2) is 81.6 Å². The van der Waals surface area contributed by atoms with Gasteiger partial charge in [-0.3, -0.25) is 0 Å². The molecule has 0 saturated heterocycles. The summed E-state index contributed by atoms with van der Waals surface area (Å²) in [4.78, 5) is 36.7. The molecule has 0 spiro atoms. The number of carboxylic acid groups (broad SMARTS) is 1. The predicted molar refractivity (Wildman–Crippen MR) is 135 cm³/mol. The minimum absolute atomic E-state index is 0.100. The summed E-state index contributed by atoms with van der Waals surface area (Å²) >= 11 is 0. The fraction of sp³-hybridized carbons (Fsp3) is 0.296. The van der Waals surface area contributed by atoms with Crippen LogP contribution in [0.15, 0.2) is 48.6 Å². The molecule has 2 aromatic carbocycles. The molecule has 0 unspecified atom stereocenters. The van der Waals surface area contributed by atoms with Crippen molar-refractivity contribution in [2.24, 2.45) is 0 Å². The molecule has 0 heterocycles. The number of esters is 2. The van der Waals surface area contributed by atoms with Gasteiger partial charge in [-0.15, -0.1) is 0 Å². The van der Waals surface area contributed by atoms with Crippen molar-refractivity contribution in [2.75, 3.05) is 14.2 Å². The van der Waals surface area contributed by atoms with E-state index in [0.717, 1.165) is 12.2 Å². The van der Waals surface area contributed by atoms with Crippen molar-refractivity contribution in [1.82, 2.24) is 0 Å². The van der Waals surface area contributed by atoms with Crippen LogP contribution in [0.25, 0.3) is 12.2 Å². The van der Waals surface area contributed by atoms with Crippen molar-refractivity contribution in [3.63, 3.8) is 0 Å². The number of carbonyl (C=O) groups is 3. The van der Waals surface area contributed by atoms with Crippen molar-refractivity contribution >= 4 is 30.1 Å². The summed E-state index contributed by atoms with van der Waals surface area (Å²) < 4.78 is 20.6. The first kappa shape index (κ1) is 29.0. The predicted octanol–water partition coefficient (Wildman–Crippen LogP) is 1.64. The smallest absolute Gasteiger partial charge is 0.335 e. The first-order valence-corrected chi connectivity index (χ1v) is 11.6. The van der Waals surface area contributed by atoms with Crippen LogP contribution in [-0.2, 0) is 23.9 Å². The number of benzene rings is 2. The minimum atomic E-state index is -2.43. The second-order valence-corrected chi connectivity index (χ2v) is 8.72. The molecule has 4 atom stereocenters. The number of phenolic OH excluding ortho intramolecular Hbond substituents is 2. The highest BCUT2D eigenvalue weighted by atomic mass is 16.6. The maximum Gasteiger partial charge on any atom is 0.335 e. The highest BCUT2D eigenvalue weighted by Gasteiger charge is 2.52. The number of hydrogen-bond acceptors (Lipinski definition) is 11. The fourth-order valence-electron chi connectivity index (χ4n) is 3.97. The number of rotatable bonds is 9. The van der Waals surface area contributed by atoms with Crippen LogP contribution in [0, 0.1) is 0 Å². The largest absolute Gasteiger partial charge is 0.504 e. The number of carboxylic acids is 1. The zero-order chi connectivity index (χ0) is 28.7. The molecule has 5 N–H and O–H groups in total. The number of ether oxygens (including phenoxy) is 4. The maximum absolute atomic E-state index is 12.5. The Labute approximate surface area is 222 Å². The van der Waals surface area contributed by atoms with Crippen LogP contribution in [0.2, 0.25) is 0 Å². The molecule has 1 fully saturated rings. The topological polar surface area (TPSA) is 189 Å². The van der Waals surface area contributed by atoms with Gasteiger partial charge in [-0.1, -0.05) is 12.1 Å². The van der Waals surface area contributed by atoms with Gasteiger partial charge in [-0.2, -0.15) is 0 Å². The Bertz CT molecular complexity index is 1280. The lowest BCUT2D eigenvalue weighted by Gasteiger charge is -2.40. The van der Waals surface area contributed by atoms with Gasteiger partial charge in [-0.25, -0.2) is 14.4 Å². The average Bonchev–Trinajstić information content (AvgIpc) is 2.89. The van der Waals surface area contributed by atoms with Crippen LogP contribution in [0.1, 0.15) is 24.0 Å². The zero-order valence-electron chi connectivity index (χ0n) is 21.0. The van der Waals surface area contributed by atoms with Crippen LogP contribution >= 0.6 is 0 Å². The molecule has 1 aliphatic carbocycles. The summed E-state index contributed by atoms with van der Waals surface area (Å²) in [7, 11) is 2.71. The maximum atomic E-state index is 12.5. The first-order chi connectivity index (χ1) is 18.4. The molecule has 3 rings (SSSR count). The normalized spacial score (nSPS) is 22.9. The van der Waals surface area contributed by atoms with E-state index in [1.807, 2.05) is 0 Å².